The van der Waals surface area contributed by atoms with E-state index in [-0.39, 0.29) is 0 Å². The number of likely N-dealkylation sites (tertiary alicyclic amines) is 2. The van der Waals surface area contributed by atoms with Gasteiger partial charge in [-0.15, -0.1) is 11.8 Å². The third-order valence-corrected chi connectivity index (χ3v) is 8.60. The summed E-state index contributed by atoms with van der Waals surface area (Å²) in [5, 5.41) is 11.5. The molecule has 3 aliphatic rings. The number of hydrogen-bond acceptors (Lipinski definition) is 7. The molecule has 0 aromatic carbocycles. The molecule has 0 amide bonds. The van der Waals surface area contributed by atoms with Gasteiger partial charge in [-0.25, -0.2) is 0 Å². The second-order valence-electron chi connectivity index (χ2n) is 10.9. The Bertz CT molecular complexity index is 538. The molecule has 0 spiro atoms. The van der Waals surface area contributed by atoms with Crippen molar-refractivity contribution in [2.45, 2.75) is 95.1 Å². The molecule has 176 valence electrons. The van der Waals surface area contributed by atoms with Gasteiger partial charge in [0.25, 0.3) is 0 Å². The molecule has 0 radical (unpaired) electrons. The molecule has 2 unspecified atom stereocenters. The topological polar surface area (TPSA) is 45.8 Å². The summed E-state index contributed by atoms with van der Waals surface area (Å²) in [4.78, 5) is 8.19. The van der Waals surface area contributed by atoms with E-state index < -0.39 is 0 Å². The minimum Gasteiger partial charge on any atom is -0.311 e. The van der Waals surface area contributed by atoms with E-state index in [9.17, 15) is 0 Å². The van der Waals surface area contributed by atoms with E-state index in [1.807, 2.05) is 0 Å². The van der Waals surface area contributed by atoms with Crippen LogP contribution >= 0.6 is 11.8 Å². The minimum absolute atomic E-state index is 0.399. The molecule has 6 nitrogen and oxygen atoms in total. The normalized spacial score (nSPS) is 36.5. The highest BCUT2D eigenvalue weighted by atomic mass is 32.2. The van der Waals surface area contributed by atoms with Crippen molar-refractivity contribution < 1.29 is 0 Å². The lowest BCUT2D eigenvalue weighted by Gasteiger charge is -2.28. The first-order valence-electron chi connectivity index (χ1n) is 12.1. The zero-order chi connectivity index (χ0) is 22.1. The molecule has 0 aromatic heterocycles. The van der Waals surface area contributed by atoms with Crippen molar-refractivity contribution in [2.24, 2.45) is 0 Å². The van der Waals surface area contributed by atoms with Crippen molar-refractivity contribution in [3.05, 3.63) is 0 Å². The van der Waals surface area contributed by atoms with Gasteiger partial charge in [-0.2, -0.15) is 0 Å². The highest BCUT2D eigenvalue weighted by Crippen LogP contribution is 2.48. The predicted octanol–water partition coefficient (Wildman–Crippen LogP) is 1.48. The van der Waals surface area contributed by atoms with Crippen molar-refractivity contribution in [3.63, 3.8) is 0 Å². The number of nitrogens with zero attached hydrogens (tertiary/aromatic N) is 3. The molecule has 3 rings (SSSR count). The first-order chi connectivity index (χ1) is 14.1. The molecule has 0 saturated carbocycles. The van der Waals surface area contributed by atoms with E-state index in [1.165, 1.54) is 31.8 Å². The summed E-state index contributed by atoms with van der Waals surface area (Å²) in [6.07, 6.45) is 1.21. The van der Waals surface area contributed by atoms with Crippen LogP contribution in [0.1, 0.15) is 48.0 Å². The number of thioether (sulfide) groups is 1. The molecule has 7 heteroatoms. The fraction of sp³-hybridized carbons (Fsp3) is 1.00. The Morgan fingerprint density at radius 1 is 0.933 bits per heavy atom. The van der Waals surface area contributed by atoms with E-state index >= 15 is 0 Å². The average molecular weight is 441 g/mol. The fourth-order valence-electron chi connectivity index (χ4n) is 5.23. The van der Waals surface area contributed by atoms with Gasteiger partial charge in [0.1, 0.15) is 0 Å². The third-order valence-electron chi connectivity index (χ3n) is 7.22. The predicted molar refractivity (Wildman–Crippen MR) is 131 cm³/mol. The molecule has 3 heterocycles. The molecule has 3 N–H and O–H groups in total. The Balaban J connectivity index is 1.47. The number of likely N-dealkylation sites (N-methyl/N-ethyl adjacent to an activating group) is 1. The number of nitrogens with one attached hydrogen (secondary N) is 3. The molecule has 3 saturated heterocycles. The van der Waals surface area contributed by atoms with Gasteiger partial charge < -0.3 is 20.9 Å². The van der Waals surface area contributed by atoms with E-state index in [1.54, 1.807) is 0 Å². The van der Waals surface area contributed by atoms with Crippen LogP contribution in [0.3, 0.4) is 0 Å². The van der Waals surface area contributed by atoms with Crippen LogP contribution in [0, 0.1) is 0 Å². The largest absolute Gasteiger partial charge is 0.311 e. The molecule has 0 bridgehead atoms. The Labute approximate surface area is 190 Å². The minimum atomic E-state index is 0.399. The van der Waals surface area contributed by atoms with Crippen LogP contribution in [-0.4, -0.2) is 114 Å². The summed E-state index contributed by atoms with van der Waals surface area (Å²) in [6, 6.07) is 3.97. The standard InChI is InChI=1S/C23H48N6S/c1-16(2)25-20-13-29(23(6)15-30-23)12-19(20)24-10-9-18(5)28-11-21(26-17(3)4)22(14-28)27(7)8/h16-22,24-26H,9-15H2,1-8H3/t18?,19-,20+,21+,22+,23?/m0/s1. The van der Waals surface area contributed by atoms with Crippen molar-refractivity contribution in [1.82, 2.24) is 30.7 Å². The van der Waals surface area contributed by atoms with Crippen LogP contribution in [0.4, 0.5) is 0 Å². The van der Waals surface area contributed by atoms with Gasteiger partial charge in [-0.1, -0.05) is 27.7 Å². The van der Waals surface area contributed by atoms with Crippen LogP contribution < -0.4 is 16.0 Å². The second-order valence-corrected chi connectivity index (χ2v) is 12.4. The first-order valence-corrected chi connectivity index (χ1v) is 13.1. The first kappa shape index (κ1) is 24.7. The molecule has 0 aromatic rings. The highest BCUT2D eigenvalue weighted by Gasteiger charge is 2.49. The van der Waals surface area contributed by atoms with Gasteiger partial charge in [0.05, 0.1) is 4.87 Å². The van der Waals surface area contributed by atoms with Crippen LogP contribution in [-0.2, 0) is 0 Å². The fourth-order valence-corrected chi connectivity index (χ4v) is 5.96. The summed E-state index contributed by atoms with van der Waals surface area (Å²) >= 11 is 2.10. The maximum atomic E-state index is 3.93. The molecular formula is C23H48N6S. The molecule has 6 atom stereocenters. The highest BCUT2D eigenvalue weighted by molar-refractivity contribution is 8.07. The number of rotatable bonds is 11. The third kappa shape index (κ3) is 6.33. The van der Waals surface area contributed by atoms with Crippen LogP contribution in [0.5, 0.6) is 0 Å². The van der Waals surface area contributed by atoms with E-state index in [4.69, 9.17) is 0 Å². The molecule has 3 aliphatic heterocycles. The molecule has 3 fully saturated rings. The summed E-state index contributed by atoms with van der Waals surface area (Å²) < 4.78 is 0. The summed E-state index contributed by atoms with van der Waals surface area (Å²) in [5.74, 6) is 1.29. The average Bonchev–Trinajstić information content (AvgIpc) is 3.07. The molecule has 30 heavy (non-hydrogen) atoms. The monoisotopic (exact) mass is 440 g/mol. The zero-order valence-electron chi connectivity index (χ0n) is 20.7. The van der Waals surface area contributed by atoms with Crippen molar-refractivity contribution in [1.29, 1.82) is 0 Å². The van der Waals surface area contributed by atoms with Gasteiger partial charge in [0, 0.05) is 74.2 Å². The Kier molecular flexibility index (Phi) is 8.55. The van der Waals surface area contributed by atoms with Crippen molar-refractivity contribution >= 4 is 11.8 Å². The Morgan fingerprint density at radius 2 is 1.53 bits per heavy atom. The Hall–Kier alpha value is 0.110. The van der Waals surface area contributed by atoms with Crippen LogP contribution in [0.15, 0.2) is 0 Å². The van der Waals surface area contributed by atoms with Gasteiger partial charge in [0.2, 0.25) is 0 Å². The van der Waals surface area contributed by atoms with E-state index in [2.05, 4.69) is 98.0 Å². The number of hydrogen-bond donors (Lipinski definition) is 3. The zero-order valence-corrected chi connectivity index (χ0v) is 21.6. The quantitative estimate of drug-likeness (QED) is 0.421. The summed E-state index contributed by atoms with van der Waals surface area (Å²) in [6.45, 7) is 19.7. The van der Waals surface area contributed by atoms with Gasteiger partial charge in [0.15, 0.2) is 0 Å². The SMILES string of the molecule is CC(C)N[C@@H]1CN(C2(C)CS2)C[C@@H]1NCCC(C)N1C[C@@H](N(C)C)[C@H](NC(C)C)C1. The van der Waals surface area contributed by atoms with Crippen molar-refractivity contribution in [3.8, 4) is 0 Å². The molecular weight excluding hydrogens is 392 g/mol. The lowest BCUT2D eigenvalue weighted by atomic mass is 10.1. The second kappa shape index (κ2) is 10.4. The van der Waals surface area contributed by atoms with Crippen molar-refractivity contribution in [2.75, 3.05) is 52.6 Å². The van der Waals surface area contributed by atoms with E-state index in [0.29, 0.717) is 47.2 Å². The van der Waals surface area contributed by atoms with E-state index in [0.717, 1.165) is 13.1 Å². The van der Waals surface area contributed by atoms with Gasteiger partial charge >= 0.3 is 0 Å². The van der Waals surface area contributed by atoms with Gasteiger partial charge in [-0.3, -0.25) is 9.80 Å². The van der Waals surface area contributed by atoms with Crippen LogP contribution in [0.2, 0.25) is 0 Å². The Morgan fingerprint density at radius 3 is 2.10 bits per heavy atom. The van der Waals surface area contributed by atoms with Gasteiger partial charge in [-0.05, 0) is 40.9 Å². The maximum absolute atomic E-state index is 3.93. The smallest absolute Gasteiger partial charge is 0.0735 e. The maximum Gasteiger partial charge on any atom is 0.0735 e. The lowest BCUT2D eigenvalue weighted by molar-refractivity contribution is 0.214. The lowest BCUT2D eigenvalue weighted by Crippen LogP contribution is -2.50. The summed E-state index contributed by atoms with van der Waals surface area (Å²) in [7, 11) is 4.45. The molecule has 0 aliphatic carbocycles. The van der Waals surface area contributed by atoms with Crippen LogP contribution in [0.25, 0.3) is 0 Å². The summed E-state index contributed by atoms with van der Waals surface area (Å²) in [5.41, 5.74) is 0.